The first-order chi connectivity index (χ1) is 12.4. The summed E-state index contributed by atoms with van der Waals surface area (Å²) >= 11 is 1.16. The topological polar surface area (TPSA) is 112 Å². The molecule has 9 nitrogen and oxygen atoms in total. The average molecular weight is 378 g/mol. The van der Waals surface area contributed by atoms with E-state index in [-0.39, 0.29) is 12.4 Å². The fourth-order valence-corrected chi connectivity index (χ4v) is 2.79. The number of nitrogens with zero attached hydrogens (tertiary/aromatic N) is 4. The molecule has 0 radical (unpaired) electrons. The molecule has 134 valence electrons. The monoisotopic (exact) mass is 378 g/mol. The average Bonchev–Trinajstić information content (AvgIpc) is 3.28. The summed E-state index contributed by atoms with van der Waals surface area (Å²) in [5.41, 5.74) is 0.492. The maximum absolute atomic E-state index is 13.2. The van der Waals surface area contributed by atoms with E-state index in [2.05, 4.69) is 9.97 Å². The number of nitro groups is 1. The van der Waals surface area contributed by atoms with Crippen molar-refractivity contribution in [1.82, 2.24) is 9.97 Å². The second-order valence-corrected chi connectivity index (χ2v) is 6.02. The molecule has 3 rings (SSSR count). The number of halogens is 1. The van der Waals surface area contributed by atoms with Crippen LogP contribution in [0.3, 0.4) is 0 Å². The van der Waals surface area contributed by atoms with Gasteiger partial charge in [0.2, 0.25) is 0 Å². The van der Waals surface area contributed by atoms with Gasteiger partial charge in [-0.2, -0.15) is 0 Å². The summed E-state index contributed by atoms with van der Waals surface area (Å²) in [6.07, 6.45) is 3.30. The number of hydrogen-bond donors (Lipinski definition) is 0. The van der Waals surface area contributed by atoms with Gasteiger partial charge in [0.05, 0.1) is 18.5 Å². The Bertz CT molecular complexity index is 957. The van der Waals surface area contributed by atoms with Gasteiger partial charge in [-0.05, 0) is 12.1 Å². The van der Waals surface area contributed by atoms with E-state index in [9.17, 15) is 19.3 Å². The summed E-state index contributed by atoms with van der Waals surface area (Å²) in [6.45, 7) is -0.253. The molecule has 0 bridgehead atoms. The lowest BCUT2D eigenvalue weighted by molar-refractivity contribution is -0.402. The zero-order valence-electron chi connectivity index (χ0n) is 13.3. The Hall–Kier alpha value is -3.34. The third kappa shape index (κ3) is 3.83. The molecule has 0 aliphatic carbocycles. The lowest BCUT2D eigenvalue weighted by Crippen LogP contribution is -2.26. The lowest BCUT2D eigenvalue weighted by atomic mass is 10.3. The predicted molar refractivity (Wildman–Crippen MR) is 89.3 cm³/mol. The first kappa shape index (κ1) is 17.5. The quantitative estimate of drug-likeness (QED) is 0.492. The van der Waals surface area contributed by atoms with E-state index in [1.807, 2.05) is 0 Å². The number of furan rings is 1. The molecule has 3 aromatic heterocycles. The molecule has 0 unspecified atom stereocenters. The highest BCUT2D eigenvalue weighted by Crippen LogP contribution is 2.30. The van der Waals surface area contributed by atoms with Crippen LogP contribution in [0.15, 0.2) is 41.2 Å². The van der Waals surface area contributed by atoms with Crippen LogP contribution < -0.4 is 4.90 Å². The summed E-state index contributed by atoms with van der Waals surface area (Å²) < 4.78 is 23.2. The van der Waals surface area contributed by atoms with Crippen molar-refractivity contribution in [2.75, 3.05) is 11.9 Å². The number of pyridine rings is 1. The van der Waals surface area contributed by atoms with Gasteiger partial charge in [-0.15, -0.1) is 0 Å². The minimum atomic E-state index is -0.698. The molecule has 0 spiro atoms. The molecule has 26 heavy (non-hydrogen) atoms. The Labute approximate surface area is 149 Å². The van der Waals surface area contributed by atoms with Crippen molar-refractivity contribution >= 4 is 28.3 Å². The van der Waals surface area contributed by atoms with Gasteiger partial charge in [0.1, 0.15) is 26.5 Å². The van der Waals surface area contributed by atoms with Crippen LogP contribution in [-0.4, -0.2) is 28.0 Å². The van der Waals surface area contributed by atoms with Gasteiger partial charge in [-0.25, -0.2) is 14.2 Å². The second kappa shape index (κ2) is 7.27. The molecular weight excluding hydrogens is 367 g/mol. The first-order valence-electron chi connectivity index (χ1n) is 7.14. The number of aromatic nitrogens is 2. The fourth-order valence-electron chi connectivity index (χ4n) is 1.94. The van der Waals surface area contributed by atoms with E-state index < -0.39 is 22.7 Å². The molecule has 0 saturated heterocycles. The van der Waals surface area contributed by atoms with Gasteiger partial charge in [0, 0.05) is 18.8 Å². The number of carbonyl (C=O) groups excluding carboxylic acids is 1. The SMILES string of the molecule is CN(C(=O)OCc1ccc([N+](=O)[O-])o1)c1cnc(-c2cncc(F)c2)s1. The third-order valence-corrected chi connectivity index (χ3v) is 4.34. The smallest absolute Gasteiger partial charge is 0.433 e. The summed E-state index contributed by atoms with van der Waals surface area (Å²) in [4.78, 5) is 31.1. The van der Waals surface area contributed by atoms with E-state index in [0.29, 0.717) is 15.6 Å². The van der Waals surface area contributed by atoms with Crippen LogP contribution in [0.25, 0.3) is 10.6 Å². The Morgan fingerprint density at radius 1 is 1.42 bits per heavy atom. The highest BCUT2D eigenvalue weighted by atomic mass is 32.1. The summed E-state index contributed by atoms with van der Waals surface area (Å²) in [6, 6.07) is 3.82. The molecule has 3 heterocycles. The summed E-state index contributed by atoms with van der Waals surface area (Å²) in [7, 11) is 1.48. The van der Waals surface area contributed by atoms with E-state index in [1.165, 1.54) is 42.5 Å². The van der Waals surface area contributed by atoms with Crippen molar-refractivity contribution in [3.05, 3.63) is 58.5 Å². The molecule has 11 heteroatoms. The van der Waals surface area contributed by atoms with Crippen LogP contribution in [0, 0.1) is 15.9 Å². The van der Waals surface area contributed by atoms with E-state index >= 15 is 0 Å². The van der Waals surface area contributed by atoms with Gasteiger partial charge in [0.25, 0.3) is 0 Å². The van der Waals surface area contributed by atoms with Gasteiger partial charge in [0.15, 0.2) is 6.61 Å². The normalized spacial score (nSPS) is 10.5. The van der Waals surface area contributed by atoms with Gasteiger partial charge < -0.3 is 9.15 Å². The molecule has 3 aromatic rings. The molecule has 0 fully saturated rings. The Balaban J connectivity index is 1.64. The zero-order valence-corrected chi connectivity index (χ0v) is 14.1. The zero-order chi connectivity index (χ0) is 18.7. The van der Waals surface area contributed by atoms with Crippen molar-refractivity contribution < 1.29 is 23.3 Å². The van der Waals surface area contributed by atoms with E-state index in [4.69, 9.17) is 9.15 Å². The van der Waals surface area contributed by atoms with Gasteiger partial charge in [-0.3, -0.25) is 20.0 Å². The largest absolute Gasteiger partial charge is 0.441 e. The number of rotatable bonds is 5. The number of carbonyl (C=O) groups is 1. The van der Waals surface area contributed by atoms with Crippen molar-refractivity contribution in [3.8, 4) is 10.6 Å². The molecule has 0 aliphatic rings. The molecular formula is C15H11FN4O5S. The summed E-state index contributed by atoms with van der Waals surface area (Å²) in [5, 5.41) is 11.5. The van der Waals surface area contributed by atoms with Crippen LogP contribution >= 0.6 is 11.3 Å². The molecule has 0 atom stereocenters. The van der Waals surface area contributed by atoms with E-state index in [1.54, 1.807) is 0 Å². The second-order valence-electron chi connectivity index (χ2n) is 5.01. The van der Waals surface area contributed by atoms with Crippen molar-refractivity contribution in [3.63, 3.8) is 0 Å². The fraction of sp³-hybridized carbons (Fsp3) is 0.133. The number of thiazole rings is 1. The molecule has 0 aromatic carbocycles. The first-order valence-corrected chi connectivity index (χ1v) is 7.96. The van der Waals surface area contributed by atoms with Crippen molar-refractivity contribution in [2.45, 2.75) is 6.61 Å². The van der Waals surface area contributed by atoms with Gasteiger partial charge in [-0.1, -0.05) is 11.3 Å². The number of hydrogen-bond acceptors (Lipinski definition) is 8. The third-order valence-electron chi connectivity index (χ3n) is 3.22. The maximum atomic E-state index is 13.2. The Morgan fingerprint density at radius 3 is 2.92 bits per heavy atom. The van der Waals surface area contributed by atoms with Crippen LogP contribution in [0.5, 0.6) is 0 Å². The lowest BCUT2D eigenvalue weighted by Gasteiger charge is -2.13. The predicted octanol–water partition coefficient (Wildman–Crippen LogP) is 3.62. The number of ether oxygens (including phenoxy) is 1. The number of amides is 1. The minimum Gasteiger partial charge on any atom is -0.441 e. The van der Waals surface area contributed by atoms with E-state index in [0.717, 1.165) is 17.5 Å². The van der Waals surface area contributed by atoms with Crippen LogP contribution in [-0.2, 0) is 11.3 Å². The molecule has 0 saturated carbocycles. The molecule has 0 N–H and O–H groups in total. The van der Waals surface area contributed by atoms with Gasteiger partial charge >= 0.3 is 12.0 Å². The highest BCUT2D eigenvalue weighted by Gasteiger charge is 2.18. The standard InChI is InChI=1S/C15H11FN4O5S/c1-19(15(21)24-8-11-2-3-12(25-11)20(22)23)13-7-18-14(26-13)9-4-10(16)6-17-5-9/h2-7H,8H2,1H3. The Kier molecular flexibility index (Phi) is 4.89. The maximum Gasteiger partial charge on any atom is 0.433 e. The van der Waals surface area contributed by atoms with Crippen molar-refractivity contribution in [1.29, 1.82) is 0 Å². The van der Waals surface area contributed by atoms with Crippen molar-refractivity contribution in [2.24, 2.45) is 0 Å². The summed E-state index contributed by atoms with van der Waals surface area (Å²) in [5.74, 6) is -0.769. The van der Waals surface area contributed by atoms with Crippen LogP contribution in [0.2, 0.25) is 0 Å². The highest BCUT2D eigenvalue weighted by molar-refractivity contribution is 7.19. The number of anilines is 1. The van der Waals surface area contributed by atoms with Crippen LogP contribution in [0.4, 0.5) is 20.1 Å². The van der Waals surface area contributed by atoms with Crippen LogP contribution in [0.1, 0.15) is 5.76 Å². The molecule has 0 aliphatic heterocycles. The molecule has 1 amide bonds. The Morgan fingerprint density at radius 2 is 2.23 bits per heavy atom. The minimum absolute atomic E-state index is 0.147.